The summed E-state index contributed by atoms with van der Waals surface area (Å²) in [5.41, 5.74) is 0. The molecule has 0 aliphatic rings. The first kappa shape index (κ1) is 17.4. The van der Waals surface area contributed by atoms with E-state index in [-0.39, 0.29) is 23.5 Å². The zero-order valence-electron chi connectivity index (χ0n) is 10.9. The summed E-state index contributed by atoms with van der Waals surface area (Å²) in [5.74, 6) is 0. The monoisotopic (exact) mass is 296 g/mol. The Hall–Kier alpha value is -0.630. The predicted octanol–water partition coefficient (Wildman–Crippen LogP) is 0.601. The molecule has 106 valence electrons. The largest absolute Gasteiger partial charge is 0.313 e. The van der Waals surface area contributed by atoms with E-state index in [1.54, 1.807) is 0 Å². The van der Waals surface area contributed by atoms with Gasteiger partial charge in [0.25, 0.3) is 10.0 Å². The molecule has 0 saturated heterocycles. The topological polar surface area (TPSA) is 76.0 Å². The van der Waals surface area contributed by atoms with Crippen LogP contribution in [-0.4, -0.2) is 37.3 Å². The average molecular weight is 297 g/mol. The molecule has 18 heavy (non-hydrogen) atoms. The summed E-state index contributed by atoms with van der Waals surface area (Å²) in [4.78, 5) is 0. The molecule has 1 heterocycles. The molecule has 0 radical (unpaired) electrons. The van der Waals surface area contributed by atoms with Crippen molar-refractivity contribution in [2.75, 3.05) is 13.1 Å². The van der Waals surface area contributed by atoms with E-state index in [4.69, 9.17) is 0 Å². The molecule has 6 nitrogen and oxygen atoms in total. The highest BCUT2D eigenvalue weighted by Gasteiger charge is 2.18. The van der Waals surface area contributed by atoms with Gasteiger partial charge in [0.1, 0.15) is 0 Å². The van der Waals surface area contributed by atoms with Gasteiger partial charge in [-0.3, -0.25) is 4.68 Å². The van der Waals surface area contributed by atoms with E-state index in [9.17, 15) is 8.42 Å². The second kappa shape index (κ2) is 7.73. The lowest BCUT2D eigenvalue weighted by Gasteiger charge is -2.13. The summed E-state index contributed by atoms with van der Waals surface area (Å²) >= 11 is 0. The van der Waals surface area contributed by atoms with Gasteiger partial charge in [0.2, 0.25) is 0 Å². The highest BCUT2D eigenvalue weighted by atomic mass is 35.5. The number of nitrogens with zero attached hydrogens (tertiary/aromatic N) is 2. The zero-order chi connectivity index (χ0) is 12.9. The van der Waals surface area contributed by atoms with Gasteiger partial charge in [0.15, 0.2) is 5.03 Å². The van der Waals surface area contributed by atoms with E-state index in [0.717, 1.165) is 6.54 Å². The lowest BCUT2D eigenvalue weighted by atomic mass is 10.3. The normalized spacial score (nSPS) is 13.1. The van der Waals surface area contributed by atoms with Crippen LogP contribution in [0.5, 0.6) is 0 Å². The molecule has 8 heteroatoms. The van der Waals surface area contributed by atoms with Crippen LogP contribution in [0.25, 0.3) is 0 Å². The smallest absolute Gasteiger partial charge is 0.257 e. The van der Waals surface area contributed by atoms with Crippen LogP contribution < -0.4 is 10.0 Å². The molecular formula is C10H21ClN4O2S. The van der Waals surface area contributed by atoms with Gasteiger partial charge in [-0.1, -0.05) is 6.92 Å². The van der Waals surface area contributed by atoms with Crippen LogP contribution in [0.1, 0.15) is 20.8 Å². The van der Waals surface area contributed by atoms with Gasteiger partial charge >= 0.3 is 0 Å². The minimum absolute atomic E-state index is 0. The molecular weight excluding hydrogens is 276 g/mol. The summed E-state index contributed by atoms with van der Waals surface area (Å²) in [7, 11) is -3.46. The Kier molecular flexibility index (Phi) is 7.46. The third kappa shape index (κ3) is 4.56. The maximum atomic E-state index is 12.0. The summed E-state index contributed by atoms with van der Waals surface area (Å²) in [6.07, 6.45) is 1.49. The van der Waals surface area contributed by atoms with E-state index >= 15 is 0 Å². The fourth-order valence-electron chi connectivity index (χ4n) is 1.52. The number of aromatic nitrogens is 2. The first-order valence-corrected chi connectivity index (χ1v) is 7.24. The number of halogens is 1. The Bertz CT molecular complexity index is 446. The van der Waals surface area contributed by atoms with Crippen molar-refractivity contribution in [2.24, 2.45) is 0 Å². The molecule has 1 rings (SSSR count). The molecule has 0 aliphatic carbocycles. The van der Waals surface area contributed by atoms with Crippen LogP contribution in [0.4, 0.5) is 0 Å². The molecule has 1 aromatic heterocycles. The van der Waals surface area contributed by atoms with Crippen molar-refractivity contribution in [2.45, 2.75) is 38.4 Å². The van der Waals surface area contributed by atoms with Crippen LogP contribution in [0.15, 0.2) is 17.3 Å². The van der Waals surface area contributed by atoms with E-state index in [2.05, 4.69) is 15.1 Å². The van der Waals surface area contributed by atoms with Crippen molar-refractivity contribution in [1.29, 1.82) is 0 Å². The van der Waals surface area contributed by atoms with Gasteiger partial charge in [-0.25, -0.2) is 13.1 Å². The van der Waals surface area contributed by atoms with Crippen LogP contribution in [0, 0.1) is 0 Å². The van der Waals surface area contributed by atoms with Crippen molar-refractivity contribution < 1.29 is 8.42 Å². The van der Waals surface area contributed by atoms with Crippen LogP contribution >= 0.6 is 12.4 Å². The lowest BCUT2D eigenvalue weighted by molar-refractivity contribution is 0.520. The Balaban J connectivity index is 0.00000289. The number of rotatable bonds is 7. The first-order valence-electron chi connectivity index (χ1n) is 5.76. The molecule has 0 aromatic carbocycles. The molecule has 0 fully saturated rings. The molecule has 0 bridgehead atoms. The van der Waals surface area contributed by atoms with Gasteiger partial charge in [-0.15, -0.1) is 12.4 Å². The lowest BCUT2D eigenvalue weighted by Crippen LogP contribution is -2.39. The zero-order valence-corrected chi connectivity index (χ0v) is 12.5. The van der Waals surface area contributed by atoms with E-state index in [1.165, 1.54) is 16.9 Å². The summed E-state index contributed by atoms with van der Waals surface area (Å²) < 4.78 is 28.0. The Morgan fingerprint density at radius 2 is 2.11 bits per heavy atom. The number of nitrogens with one attached hydrogen (secondary N) is 2. The quantitative estimate of drug-likeness (QED) is 0.773. The fourth-order valence-corrected chi connectivity index (χ4v) is 2.83. The van der Waals surface area contributed by atoms with Crippen LogP contribution in [0.3, 0.4) is 0 Å². The first-order chi connectivity index (χ1) is 8.01. The molecule has 0 amide bonds. The maximum Gasteiger partial charge on any atom is 0.257 e. The Labute approximate surface area is 115 Å². The van der Waals surface area contributed by atoms with Gasteiger partial charge in [-0.05, 0) is 26.5 Å². The Morgan fingerprint density at radius 1 is 1.44 bits per heavy atom. The second-order valence-corrected chi connectivity index (χ2v) is 5.51. The summed E-state index contributed by atoms with van der Waals surface area (Å²) in [6.45, 7) is 7.49. The minimum atomic E-state index is -3.46. The fraction of sp³-hybridized carbons (Fsp3) is 0.700. The van der Waals surface area contributed by atoms with E-state index in [0.29, 0.717) is 13.1 Å². The van der Waals surface area contributed by atoms with Crippen molar-refractivity contribution in [3.05, 3.63) is 12.3 Å². The third-order valence-corrected chi connectivity index (χ3v) is 3.83. The van der Waals surface area contributed by atoms with Crippen molar-refractivity contribution in [3.8, 4) is 0 Å². The highest BCUT2D eigenvalue weighted by molar-refractivity contribution is 7.89. The molecule has 2 N–H and O–H groups in total. The molecule has 0 unspecified atom stereocenters. The Morgan fingerprint density at radius 3 is 2.67 bits per heavy atom. The van der Waals surface area contributed by atoms with E-state index < -0.39 is 10.0 Å². The van der Waals surface area contributed by atoms with Gasteiger partial charge < -0.3 is 5.32 Å². The summed E-state index contributed by atoms with van der Waals surface area (Å²) in [5, 5.41) is 7.30. The summed E-state index contributed by atoms with van der Waals surface area (Å²) in [6, 6.07) is 1.61. The van der Waals surface area contributed by atoms with Crippen LogP contribution in [0.2, 0.25) is 0 Å². The number of aryl methyl sites for hydroxylation is 1. The van der Waals surface area contributed by atoms with Crippen molar-refractivity contribution in [3.63, 3.8) is 0 Å². The number of hydrogen-bond donors (Lipinski definition) is 2. The van der Waals surface area contributed by atoms with Crippen molar-refractivity contribution in [1.82, 2.24) is 19.8 Å². The SMILES string of the molecule is CCN[C@H](C)CNS(=O)(=O)c1ccnn1CC.Cl. The molecule has 1 atom stereocenters. The van der Waals surface area contributed by atoms with Gasteiger partial charge in [0.05, 0.1) is 6.20 Å². The van der Waals surface area contributed by atoms with E-state index in [1.807, 2.05) is 20.8 Å². The minimum Gasteiger partial charge on any atom is -0.313 e. The molecule has 0 aliphatic heterocycles. The van der Waals surface area contributed by atoms with Gasteiger partial charge in [0, 0.05) is 19.1 Å². The van der Waals surface area contributed by atoms with Crippen LogP contribution in [-0.2, 0) is 16.6 Å². The number of likely N-dealkylation sites (N-methyl/N-ethyl adjacent to an activating group) is 1. The predicted molar refractivity (Wildman–Crippen MR) is 73.5 cm³/mol. The van der Waals surface area contributed by atoms with Gasteiger partial charge in [-0.2, -0.15) is 5.10 Å². The average Bonchev–Trinajstić information content (AvgIpc) is 2.76. The second-order valence-electron chi connectivity index (χ2n) is 3.80. The standard InChI is InChI=1S/C10H20N4O2S.ClH/c1-4-11-9(3)8-13-17(15,16)10-6-7-12-14(10)5-2;/h6-7,9,11,13H,4-5,8H2,1-3H3;1H/t9-;/m1./s1. The number of sulfonamides is 1. The maximum absolute atomic E-state index is 12.0. The third-order valence-electron chi connectivity index (χ3n) is 2.38. The highest BCUT2D eigenvalue weighted by Crippen LogP contribution is 2.07. The molecule has 1 aromatic rings. The van der Waals surface area contributed by atoms with Crippen molar-refractivity contribution >= 4 is 22.4 Å². The molecule has 0 saturated carbocycles. The number of hydrogen-bond acceptors (Lipinski definition) is 4. The molecule has 0 spiro atoms.